The Morgan fingerprint density at radius 3 is 2.23 bits per heavy atom. The zero-order valence-corrected chi connectivity index (χ0v) is 12.3. The first-order valence-corrected chi connectivity index (χ1v) is 6.79. The van der Waals surface area contributed by atoms with Gasteiger partial charge in [-0.15, -0.1) is 0 Å². The second-order valence-corrected chi connectivity index (χ2v) is 4.61. The van der Waals surface area contributed by atoms with Crippen molar-refractivity contribution in [3.8, 4) is 5.75 Å². The monoisotopic (exact) mass is 300 g/mol. The van der Waals surface area contributed by atoms with E-state index in [1.165, 1.54) is 13.0 Å². The summed E-state index contributed by atoms with van der Waals surface area (Å²) in [6.45, 7) is 3.74. The Kier molecular flexibility index (Phi) is 4.73. The van der Waals surface area contributed by atoms with Crippen LogP contribution in [0.5, 0.6) is 5.75 Å². The van der Waals surface area contributed by atoms with Gasteiger partial charge in [0, 0.05) is 24.8 Å². The topological polar surface area (TPSA) is 84.5 Å². The number of nitrogens with one attached hydrogen (secondary N) is 2. The van der Waals surface area contributed by atoms with E-state index >= 15 is 0 Å². The van der Waals surface area contributed by atoms with Crippen LogP contribution in [0.25, 0.3) is 0 Å². The van der Waals surface area contributed by atoms with E-state index in [2.05, 4.69) is 10.6 Å². The van der Waals surface area contributed by atoms with Crippen molar-refractivity contribution in [1.82, 2.24) is 5.32 Å². The first kappa shape index (κ1) is 15.5. The fourth-order valence-electron chi connectivity index (χ4n) is 1.90. The molecule has 1 aliphatic rings. The molecule has 6 heteroatoms. The van der Waals surface area contributed by atoms with Gasteiger partial charge in [-0.25, -0.2) is 0 Å². The molecule has 1 amide bonds. The molecule has 1 aliphatic carbocycles. The molecule has 0 radical (unpaired) electrons. The maximum Gasteiger partial charge on any atom is 0.221 e. The summed E-state index contributed by atoms with van der Waals surface area (Å²) in [4.78, 5) is 34.8. The highest BCUT2D eigenvalue weighted by Crippen LogP contribution is 2.19. The van der Waals surface area contributed by atoms with Crippen molar-refractivity contribution in [1.29, 1.82) is 0 Å². The van der Waals surface area contributed by atoms with E-state index in [0.717, 1.165) is 11.8 Å². The lowest BCUT2D eigenvalue weighted by molar-refractivity contribution is -0.120. The van der Waals surface area contributed by atoms with Crippen LogP contribution in [0.2, 0.25) is 0 Å². The Morgan fingerprint density at radius 2 is 1.64 bits per heavy atom. The van der Waals surface area contributed by atoms with Gasteiger partial charge >= 0.3 is 0 Å². The van der Waals surface area contributed by atoms with Crippen LogP contribution in [0.15, 0.2) is 47.8 Å². The number of anilines is 1. The van der Waals surface area contributed by atoms with E-state index in [1.54, 1.807) is 24.3 Å². The van der Waals surface area contributed by atoms with Crippen LogP contribution in [0.3, 0.4) is 0 Å². The summed E-state index contributed by atoms with van der Waals surface area (Å²) in [5, 5.41) is 5.21. The lowest BCUT2D eigenvalue weighted by Crippen LogP contribution is -2.29. The SMILES string of the molecule is CCOc1ccc(NC2=CC(=O)C(NC(C)=O)=CC2=O)cc1. The summed E-state index contributed by atoms with van der Waals surface area (Å²) in [5.41, 5.74) is 0.797. The van der Waals surface area contributed by atoms with Gasteiger partial charge in [-0.05, 0) is 31.2 Å². The van der Waals surface area contributed by atoms with Crippen molar-refractivity contribution in [2.75, 3.05) is 11.9 Å². The van der Waals surface area contributed by atoms with Gasteiger partial charge in [0.2, 0.25) is 17.5 Å². The molecule has 0 saturated carbocycles. The molecule has 0 aliphatic heterocycles. The first-order chi connectivity index (χ1) is 10.5. The van der Waals surface area contributed by atoms with E-state index < -0.39 is 11.7 Å². The number of benzene rings is 1. The molecule has 0 unspecified atom stereocenters. The van der Waals surface area contributed by atoms with Gasteiger partial charge in [0.1, 0.15) is 5.75 Å². The zero-order chi connectivity index (χ0) is 16.1. The van der Waals surface area contributed by atoms with Crippen LogP contribution in [0.1, 0.15) is 13.8 Å². The van der Waals surface area contributed by atoms with E-state index in [4.69, 9.17) is 4.74 Å². The Morgan fingerprint density at radius 1 is 1.05 bits per heavy atom. The van der Waals surface area contributed by atoms with Crippen LogP contribution in [0, 0.1) is 0 Å². The third-order valence-corrected chi connectivity index (χ3v) is 2.84. The van der Waals surface area contributed by atoms with E-state index in [1.807, 2.05) is 6.92 Å². The molecule has 0 bridgehead atoms. The molecule has 0 atom stereocenters. The number of hydrogen-bond donors (Lipinski definition) is 2. The lowest BCUT2D eigenvalue weighted by atomic mass is 10.1. The number of amides is 1. The second kappa shape index (κ2) is 6.71. The molecule has 2 rings (SSSR count). The van der Waals surface area contributed by atoms with Gasteiger partial charge in [0.25, 0.3) is 0 Å². The Labute approximate surface area is 127 Å². The molecule has 0 heterocycles. The Hall–Kier alpha value is -2.89. The molecule has 0 saturated heterocycles. The summed E-state index contributed by atoms with van der Waals surface area (Å²) in [7, 11) is 0. The van der Waals surface area contributed by atoms with Gasteiger partial charge in [0.15, 0.2) is 0 Å². The molecule has 114 valence electrons. The second-order valence-electron chi connectivity index (χ2n) is 4.61. The third-order valence-electron chi connectivity index (χ3n) is 2.84. The number of ether oxygens (including phenoxy) is 1. The van der Waals surface area contributed by atoms with Crippen molar-refractivity contribution in [3.05, 3.63) is 47.8 Å². The van der Waals surface area contributed by atoms with Crippen LogP contribution >= 0.6 is 0 Å². The maximum atomic E-state index is 12.0. The summed E-state index contributed by atoms with van der Waals surface area (Å²) < 4.78 is 5.33. The summed E-state index contributed by atoms with van der Waals surface area (Å²) in [6, 6.07) is 7.02. The zero-order valence-electron chi connectivity index (χ0n) is 12.3. The smallest absolute Gasteiger partial charge is 0.221 e. The van der Waals surface area contributed by atoms with Gasteiger partial charge in [-0.1, -0.05) is 0 Å². The largest absolute Gasteiger partial charge is 0.494 e. The van der Waals surface area contributed by atoms with Crippen LogP contribution < -0.4 is 15.4 Å². The van der Waals surface area contributed by atoms with Crippen LogP contribution in [-0.2, 0) is 14.4 Å². The van der Waals surface area contributed by atoms with Gasteiger partial charge < -0.3 is 15.4 Å². The average molecular weight is 300 g/mol. The van der Waals surface area contributed by atoms with E-state index in [-0.39, 0.29) is 17.2 Å². The number of hydrogen-bond acceptors (Lipinski definition) is 5. The van der Waals surface area contributed by atoms with Crippen LogP contribution in [0.4, 0.5) is 5.69 Å². The van der Waals surface area contributed by atoms with Crippen molar-refractivity contribution in [3.63, 3.8) is 0 Å². The lowest BCUT2D eigenvalue weighted by Gasteiger charge is -2.14. The number of carbonyl (C=O) groups is 3. The Balaban J connectivity index is 2.09. The van der Waals surface area contributed by atoms with Gasteiger partial charge in [-0.2, -0.15) is 0 Å². The van der Waals surface area contributed by atoms with Crippen molar-refractivity contribution in [2.45, 2.75) is 13.8 Å². The highest BCUT2D eigenvalue weighted by Gasteiger charge is 2.21. The standard InChI is InChI=1S/C16H16N2O4/c1-3-22-12-6-4-11(5-7-12)18-14-9-15(20)13(8-16(14)21)17-10(2)19/h4-9,18H,3H2,1-2H3,(H,17,19). The minimum Gasteiger partial charge on any atom is -0.494 e. The van der Waals surface area contributed by atoms with Crippen molar-refractivity contribution in [2.24, 2.45) is 0 Å². The molecular formula is C16H16N2O4. The number of rotatable bonds is 5. The average Bonchev–Trinajstić information content (AvgIpc) is 2.46. The molecule has 0 fully saturated rings. The highest BCUT2D eigenvalue weighted by molar-refractivity contribution is 6.21. The molecule has 1 aromatic rings. The van der Waals surface area contributed by atoms with Gasteiger partial charge in [0.05, 0.1) is 18.0 Å². The molecule has 6 nitrogen and oxygen atoms in total. The predicted octanol–water partition coefficient (Wildman–Crippen LogP) is 1.55. The third kappa shape index (κ3) is 3.82. The molecular weight excluding hydrogens is 284 g/mol. The molecule has 1 aromatic carbocycles. The summed E-state index contributed by atoms with van der Waals surface area (Å²) in [6.07, 6.45) is 2.28. The quantitative estimate of drug-likeness (QED) is 0.806. The van der Waals surface area contributed by atoms with E-state index in [9.17, 15) is 14.4 Å². The fraction of sp³-hybridized carbons (Fsp3) is 0.188. The number of ketones is 2. The highest BCUT2D eigenvalue weighted by atomic mass is 16.5. The maximum absolute atomic E-state index is 12.0. The number of carbonyl (C=O) groups excluding carboxylic acids is 3. The van der Waals surface area contributed by atoms with Crippen molar-refractivity contribution < 1.29 is 19.1 Å². The summed E-state index contributed by atoms with van der Waals surface area (Å²) >= 11 is 0. The minimum absolute atomic E-state index is 0.0188. The molecule has 2 N–H and O–H groups in total. The first-order valence-electron chi connectivity index (χ1n) is 6.79. The number of allylic oxidation sites excluding steroid dienone is 2. The molecule has 0 spiro atoms. The summed E-state index contributed by atoms with van der Waals surface area (Å²) in [5.74, 6) is -0.481. The fourth-order valence-corrected chi connectivity index (χ4v) is 1.90. The van der Waals surface area contributed by atoms with Crippen molar-refractivity contribution >= 4 is 23.2 Å². The van der Waals surface area contributed by atoms with E-state index in [0.29, 0.717) is 12.3 Å². The minimum atomic E-state index is -0.428. The molecule has 0 aromatic heterocycles. The van der Waals surface area contributed by atoms with Gasteiger partial charge in [-0.3, -0.25) is 14.4 Å². The Bertz CT molecular complexity index is 672. The predicted molar refractivity (Wildman–Crippen MR) is 81.2 cm³/mol. The normalized spacial score (nSPS) is 14.1. The molecule has 22 heavy (non-hydrogen) atoms. The van der Waals surface area contributed by atoms with Crippen LogP contribution in [-0.4, -0.2) is 24.1 Å².